The molecular weight excluding hydrogens is 526 g/mol. The molecule has 0 aromatic heterocycles. The van der Waals surface area contributed by atoms with Gasteiger partial charge >= 0.3 is 6.03 Å². The number of aliphatic hydroxyl groups is 1. The van der Waals surface area contributed by atoms with Crippen molar-refractivity contribution in [2.24, 2.45) is 11.1 Å². The van der Waals surface area contributed by atoms with E-state index in [-0.39, 0.29) is 36.1 Å². The lowest BCUT2D eigenvalue weighted by atomic mass is 9.59. The molecule has 192 valence electrons. The first-order chi connectivity index (χ1) is 17.4. The minimum atomic E-state index is -0.381. The van der Waals surface area contributed by atoms with E-state index in [0.717, 1.165) is 39.0 Å². The average Bonchev–Trinajstić information content (AvgIpc) is 3.14. The molecule has 9 heteroatoms. The third kappa shape index (κ3) is 4.02. The lowest BCUT2D eigenvalue weighted by molar-refractivity contribution is 0.0503. The van der Waals surface area contributed by atoms with Gasteiger partial charge in [0.25, 0.3) is 0 Å². The molecule has 3 aliphatic rings. The molecule has 2 aromatic rings. The average molecular weight is 558 g/mol. The number of carbonyl (C=O) groups excluding carboxylic acids is 1. The quantitative estimate of drug-likeness (QED) is 0.532. The Morgan fingerprint density at radius 2 is 2.08 bits per heavy atom. The summed E-state index contributed by atoms with van der Waals surface area (Å²) in [5.41, 5.74) is 3.69. The molecule has 2 amide bonds. The van der Waals surface area contributed by atoms with Crippen LogP contribution in [-0.2, 0) is 23.3 Å². The highest BCUT2D eigenvalue weighted by Gasteiger charge is 2.59. The number of oxime groups is 1. The van der Waals surface area contributed by atoms with E-state index in [9.17, 15) is 9.90 Å². The zero-order valence-electron chi connectivity index (χ0n) is 20.8. The van der Waals surface area contributed by atoms with E-state index in [0.29, 0.717) is 31.7 Å². The topological polar surface area (TPSA) is 92.6 Å². The van der Waals surface area contributed by atoms with E-state index in [1.54, 1.807) is 19.1 Å². The van der Waals surface area contributed by atoms with Gasteiger partial charge in [-0.15, -0.1) is 0 Å². The third-order valence-corrected chi connectivity index (χ3v) is 8.72. The number of hydrogen-bond acceptors (Lipinski definition) is 6. The maximum absolute atomic E-state index is 13.5. The Kier molecular flexibility index (Phi) is 6.87. The van der Waals surface area contributed by atoms with Crippen molar-refractivity contribution in [2.75, 3.05) is 20.8 Å². The van der Waals surface area contributed by atoms with Crippen LogP contribution in [-0.4, -0.2) is 54.7 Å². The van der Waals surface area contributed by atoms with Crippen molar-refractivity contribution in [3.05, 3.63) is 57.6 Å². The monoisotopic (exact) mass is 557 g/mol. The minimum absolute atomic E-state index is 0.138. The lowest BCUT2D eigenvalue weighted by Crippen LogP contribution is -2.54. The summed E-state index contributed by atoms with van der Waals surface area (Å²) in [4.78, 5) is 20.4. The molecule has 0 unspecified atom stereocenters. The normalized spacial score (nSPS) is 27.5. The zero-order valence-corrected chi connectivity index (χ0v) is 22.4. The van der Waals surface area contributed by atoms with Crippen molar-refractivity contribution < 1.29 is 24.2 Å². The standard InChI is InChI=1S/C27H32BrN3O5/c1-16-9-19(30-35-3)11-22-27(16)12-20(15-32)31(26(33)29-13-17-7-5-4-6-8-17)14-18-10-21(34-2)24(28)25(36-22)23(18)27/h4-8,10,16,20,22,32H,9,11-15H2,1-3H3,(H,29,33)/t16-,20+,22-,27+/m1/s1. The van der Waals surface area contributed by atoms with Crippen LogP contribution >= 0.6 is 15.9 Å². The number of amides is 2. The van der Waals surface area contributed by atoms with Crippen molar-refractivity contribution in [3.63, 3.8) is 0 Å². The highest BCUT2D eigenvalue weighted by Crippen LogP contribution is 2.60. The second kappa shape index (κ2) is 9.94. The molecule has 36 heavy (non-hydrogen) atoms. The fraction of sp³-hybridized carbons (Fsp3) is 0.481. The Labute approximate surface area is 219 Å². The Balaban J connectivity index is 1.56. The Morgan fingerprint density at radius 3 is 2.78 bits per heavy atom. The molecule has 2 aromatic carbocycles. The smallest absolute Gasteiger partial charge is 0.318 e. The van der Waals surface area contributed by atoms with Crippen molar-refractivity contribution >= 4 is 27.7 Å². The number of benzene rings is 2. The largest absolute Gasteiger partial charge is 0.495 e. The molecule has 0 radical (unpaired) electrons. The van der Waals surface area contributed by atoms with Gasteiger partial charge in [0.15, 0.2) is 0 Å². The van der Waals surface area contributed by atoms with Crippen LogP contribution in [0, 0.1) is 5.92 Å². The second-order valence-electron chi connectivity index (χ2n) is 9.87. The number of ether oxygens (including phenoxy) is 2. The summed E-state index contributed by atoms with van der Waals surface area (Å²) in [7, 11) is 3.19. The lowest BCUT2D eigenvalue weighted by Gasteiger charge is -2.45. The zero-order chi connectivity index (χ0) is 25.4. The number of carbonyl (C=O) groups is 1. The van der Waals surface area contributed by atoms with Gasteiger partial charge in [-0.3, -0.25) is 0 Å². The van der Waals surface area contributed by atoms with Gasteiger partial charge in [0.1, 0.15) is 29.2 Å². The second-order valence-corrected chi connectivity index (χ2v) is 10.7. The molecule has 1 fully saturated rings. The molecule has 1 spiro atoms. The molecule has 2 heterocycles. The van der Waals surface area contributed by atoms with Gasteiger partial charge in [-0.25, -0.2) is 4.79 Å². The van der Waals surface area contributed by atoms with E-state index < -0.39 is 0 Å². The van der Waals surface area contributed by atoms with Gasteiger partial charge in [0.2, 0.25) is 0 Å². The maximum Gasteiger partial charge on any atom is 0.318 e. The van der Waals surface area contributed by atoms with Crippen LogP contribution in [0.15, 0.2) is 46.0 Å². The number of methoxy groups -OCH3 is 1. The van der Waals surface area contributed by atoms with Gasteiger partial charge in [0, 0.05) is 30.5 Å². The maximum atomic E-state index is 13.5. The first kappa shape index (κ1) is 24.9. The molecular formula is C27H32BrN3O5. The first-order valence-corrected chi connectivity index (χ1v) is 13.1. The number of hydrogen-bond donors (Lipinski definition) is 2. The molecule has 1 saturated carbocycles. The molecule has 8 nitrogen and oxygen atoms in total. The van der Waals surface area contributed by atoms with Gasteiger partial charge in [-0.1, -0.05) is 42.4 Å². The fourth-order valence-electron chi connectivity index (χ4n) is 6.31. The molecule has 1 aliphatic carbocycles. The van der Waals surface area contributed by atoms with Crippen molar-refractivity contribution in [2.45, 2.75) is 56.8 Å². The van der Waals surface area contributed by atoms with Crippen LogP contribution in [0.5, 0.6) is 11.5 Å². The highest BCUT2D eigenvalue weighted by atomic mass is 79.9. The summed E-state index contributed by atoms with van der Waals surface area (Å²) in [5, 5.41) is 17.9. The van der Waals surface area contributed by atoms with E-state index in [4.69, 9.17) is 14.3 Å². The van der Waals surface area contributed by atoms with Gasteiger partial charge < -0.3 is 29.6 Å². The van der Waals surface area contributed by atoms with Crippen molar-refractivity contribution in [1.29, 1.82) is 0 Å². The van der Waals surface area contributed by atoms with E-state index >= 15 is 0 Å². The van der Waals surface area contributed by atoms with Crippen molar-refractivity contribution in [3.8, 4) is 11.5 Å². The van der Waals surface area contributed by atoms with Gasteiger partial charge in [-0.2, -0.15) is 0 Å². The van der Waals surface area contributed by atoms with Gasteiger partial charge in [-0.05, 0) is 51.9 Å². The molecule has 2 N–H and O–H groups in total. The predicted octanol–water partition coefficient (Wildman–Crippen LogP) is 4.37. The van der Waals surface area contributed by atoms with E-state index in [1.807, 2.05) is 36.4 Å². The van der Waals surface area contributed by atoms with E-state index in [1.165, 1.54) is 0 Å². The number of nitrogens with zero attached hydrogens (tertiary/aromatic N) is 2. The highest BCUT2D eigenvalue weighted by molar-refractivity contribution is 9.10. The molecule has 0 bridgehead atoms. The molecule has 5 rings (SSSR count). The summed E-state index contributed by atoms with van der Waals surface area (Å²) in [6, 6.07) is 11.2. The van der Waals surface area contributed by atoms with Crippen LogP contribution in [0.4, 0.5) is 4.79 Å². The number of aliphatic hydroxyl groups excluding tert-OH is 1. The minimum Gasteiger partial charge on any atom is -0.495 e. The van der Waals surface area contributed by atoms with Gasteiger partial charge in [0.05, 0.1) is 25.5 Å². The van der Waals surface area contributed by atoms with Crippen molar-refractivity contribution in [1.82, 2.24) is 10.2 Å². The SMILES string of the molecule is CON=C1C[C@@H](C)[C@]23C[C@@H](CO)N(C(=O)NCc4ccccc4)Cc4cc(OC)c(Br)c(c42)O[C@@H]3C1. The predicted molar refractivity (Wildman–Crippen MR) is 139 cm³/mol. The molecule has 0 saturated heterocycles. The first-order valence-electron chi connectivity index (χ1n) is 12.3. The summed E-state index contributed by atoms with van der Waals surface area (Å²) in [6.45, 7) is 2.83. The Bertz CT molecular complexity index is 1170. The molecule has 2 aliphatic heterocycles. The third-order valence-electron chi connectivity index (χ3n) is 7.96. The van der Waals surface area contributed by atoms with E-state index in [2.05, 4.69) is 33.3 Å². The van der Waals surface area contributed by atoms with Crippen LogP contribution < -0.4 is 14.8 Å². The number of rotatable bonds is 5. The number of nitrogens with one attached hydrogen (secondary N) is 1. The van der Waals surface area contributed by atoms with Crippen LogP contribution in [0.25, 0.3) is 0 Å². The summed E-state index contributed by atoms with van der Waals surface area (Å²) in [5.74, 6) is 1.58. The molecule has 4 atom stereocenters. The summed E-state index contributed by atoms with van der Waals surface area (Å²) in [6.07, 6.45) is 1.79. The van der Waals surface area contributed by atoms with Crippen LogP contribution in [0.1, 0.15) is 42.9 Å². The van der Waals surface area contributed by atoms with Crippen LogP contribution in [0.3, 0.4) is 0 Å². The summed E-state index contributed by atoms with van der Waals surface area (Å²) < 4.78 is 13.1. The Hall–Kier alpha value is -2.78. The Morgan fingerprint density at radius 1 is 1.31 bits per heavy atom. The number of urea groups is 1. The van der Waals surface area contributed by atoms with Crippen LogP contribution in [0.2, 0.25) is 0 Å². The number of halogens is 1. The summed E-state index contributed by atoms with van der Waals surface area (Å²) >= 11 is 3.71. The fourth-order valence-corrected chi connectivity index (χ4v) is 6.88.